The highest BCUT2D eigenvalue weighted by Gasteiger charge is 2.30. The van der Waals surface area contributed by atoms with Gasteiger partial charge in [-0.2, -0.15) is 0 Å². The van der Waals surface area contributed by atoms with Crippen molar-refractivity contribution in [3.05, 3.63) is 25.3 Å². The lowest BCUT2D eigenvalue weighted by molar-refractivity contribution is 1.01. The fraction of sp³-hybridized carbons (Fsp3) is 0.600. The van der Waals surface area contributed by atoms with Crippen LogP contribution in [0.15, 0.2) is 25.3 Å². The second-order valence-corrected chi connectivity index (χ2v) is 10.3. The summed E-state index contributed by atoms with van der Waals surface area (Å²) in [6.45, 7) is 12.3. The number of allylic oxidation sites excluding steroid dienone is 2. The average molecular weight is 274 g/mol. The van der Waals surface area contributed by atoms with Gasteiger partial charge in [0, 0.05) is 4.45 Å². The van der Waals surface area contributed by atoms with Crippen molar-refractivity contribution < 1.29 is 0 Å². The number of hydrogen-bond acceptors (Lipinski definition) is 0. The van der Waals surface area contributed by atoms with Crippen molar-refractivity contribution in [1.29, 1.82) is 0 Å². The largest absolute Gasteiger partial charge is 0.316 e. The van der Waals surface area contributed by atoms with Gasteiger partial charge >= 0.3 is 23.1 Å². The first kappa shape index (κ1) is 16.4. The summed E-state index contributed by atoms with van der Waals surface area (Å²) in [4.78, 5) is 0. The molecule has 0 aromatic heterocycles. The lowest BCUT2D eigenvalue weighted by Gasteiger charge is -2.29. The molecule has 0 saturated carbocycles. The third-order valence-electron chi connectivity index (χ3n) is 2.34. The topological polar surface area (TPSA) is 0 Å². The Labute approximate surface area is 108 Å². The molecule has 0 fully saturated rings. The monoisotopic (exact) mass is 272 g/mol. The van der Waals surface area contributed by atoms with Gasteiger partial charge in [0.2, 0.25) is 0 Å². The van der Waals surface area contributed by atoms with E-state index in [1.165, 1.54) is 18.5 Å². The predicted molar refractivity (Wildman–Crippen MR) is 73.2 cm³/mol. The van der Waals surface area contributed by atoms with Gasteiger partial charge in [-0.25, -0.2) is 0 Å². The molecule has 0 aliphatic carbocycles. The average Bonchev–Trinajstić information content (AvgIpc) is 2.04. The molecule has 0 radical (unpaired) electrons. The maximum Gasteiger partial charge on any atom is 0.316 e. The van der Waals surface area contributed by atoms with Gasteiger partial charge in [-0.3, -0.25) is 0 Å². The summed E-state index contributed by atoms with van der Waals surface area (Å²) in [5, 5.41) is 0. The van der Waals surface area contributed by atoms with E-state index < -0.39 is 8.07 Å². The van der Waals surface area contributed by atoms with Gasteiger partial charge in [0.1, 0.15) is 0 Å². The van der Waals surface area contributed by atoms with E-state index in [9.17, 15) is 0 Å². The van der Waals surface area contributed by atoms with Crippen molar-refractivity contribution in [2.45, 2.75) is 36.4 Å². The summed E-state index contributed by atoms with van der Waals surface area (Å²) >= 11 is 3.77. The SMILES string of the molecule is C=CC[Si](C)(CC=C)C(Br)CC.[MgH2]. The van der Waals surface area contributed by atoms with E-state index >= 15 is 0 Å². The number of alkyl halides is 1. The van der Waals surface area contributed by atoms with E-state index in [1.807, 2.05) is 0 Å². The molecule has 3 heteroatoms. The lowest BCUT2D eigenvalue weighted by Crippen LogP contribution is -2.39. The van der Waals surface area contributed by atoms with Gasteiger partial charge in [-0.15, -0.1) is 13.2 Å². The zero-order valence-corrected chi connectivity index (χ0v) is 10.7. The Morgan fingerprint density at radius 2 is 1.69 bits per heavy atom. The molecule has 1 unspecified atom stereocenters. The maximum atomic E-state index is 3.82. The summed E-state index contributed by atoms with van der Waals surface area (Å²) in [6, 6.07) is 2.37. The molecule has 0 aliphatic rings. The van der Waals surface area contributed by atoms with Crippen LogP contribution in [-0.2, 0) is 0 Å². The van der Waals surface area contributed by atoms with Crippen LogP contribution in [0, 0.1) is 0 Å². The van der Waals surface area contributed by atoms with E-state index in [-0.39, 0.29) is 23.1 Å². The summed E-state index contributed by atoms with van der Waals surface area (Å²) in [7, 11) is -1.17. The first-order valence-electron chi connectivity index (χ1n) is 4.46. The zero-order chi connectivity index (χ0) is 9.61. The Balaban J connectivity index is 0. The first-order chi connectivity index (χ1) is 5.60. The molecule has 0 nitrogen and oxygen atoms in total. The van der Waals surface area contributed by atoms with Crippen molar-refractivity contribution in [2.75, 3.05) is 0 Å². The third kappa shape index (κ3) is 5.40. The third-order valence-corrected chi connectivity index (χ3v) is 10.7. The zero-order valence-electron chi connectivity index (χ0n) is 8.15. The van der Waals surface area contributed by atoms with Crippen LogP contribution in [-0.4, -0.2) is 35.6 Å². The summed E-state index contributed by atoms with van der Waals surface area (Å²) in [5.41, 5.74) is 0. The van der Waals surface area contributed by atoms with Crippen LogP contribution in [0.1, 0.15) is 13.3 Å². The molecule has 74 valence electrons. The predicted octanol–water partition coefficient (Wildman–Crippen LogP) is 3.23. The Hall–Kier alpha value is 0.943. The molecule has 13 heavy (non-hydrogen) atoms. The van der Waals surface area contributed by atoms with Crippen LogP contribution >= 0.6 is 15.9 Å². The van der Waals surface area contributed by atoms with Crippen LogP contribution in [0.5, 0.6) is 0 Å². The van der Waals surface area contributed by atoms with Crippen molar-refractivity contribution in [3.63, 3.8) is 0 Å². The van der Waals surface area contributed by atoms with Gasteiger partial charge in [0.25, 0.3) is 0 Å². The Morgan fingerprint density at radius 1 is 1.31 bits per heavy atom. The van der Waals surface area contributed by atoms with E-state index in [2.05, 4.69) is 54.7 Å². The molecule has 0 aliphatic heterocycles. The van der Waals surface area contributed by atoms with Gasteiger partial charge < -0.3 is 0 Å². The van der Waals surface area contributed by atoms with Gasteiger partial charge in [-0.1, -0.05) is 41.6 Å². The van der Waals surface area contributed by atoms with Crippen LogP contribution in [0.4, 0.5) is 0 Å². The molecule has 0 bridgehead atoms. The van der Waals surface area contributed by atoms with Crippen LogP contribution in [0.2, 0.25) is 18.6 Å². The number of rotatable bonds is 6. The molecule has 0 heterocycles. The Kier molecular flexibility index (Phi) is 10.4. The minimum Gasteiger partial charge on any atom is -0.103 e. The van der Waals surface area contributed by atoms with Crippen molar-refractivity contribution in [1.82, 2.24) is 0 Å². The van der Waals surface area contributed by atoms with Crippen molar-refractivity contribution in [3.8, 4) is 0 Å². The Bertz CT molecular complexity index is 149. The quantitative estimate of drug-likeness (QED) is 0.396. The van der Waals surface area contributed by atoms with E-state index in [1.54, 1.807) is 0 Å². The van der Waals surface area contributed by atoms with Crippen LogP contribution in [0.25, 0.3) is 0 Å². The van der Waals surface area contributed by atoms with Gasteiger partial charge in [0.15, 0.2) is 0 Å². The summed E-state index contributed by atoms with van der Waals surface area (Å²) in [5.74, 6) is 0. The molecule has 0 aromatic carbocycles. The van der Waals surface area contributed by atoms with E-state index in [0.717, 1.165) is 0 Å². The number of hydrogen-bond donors (Lipinski definition) is 0. The Morgan fingerprint density at radius 3 is 1.92 bits per heavy atom. The van der Waals surface area contributed by atoms with Crippen molar-refractivity contribution >= 4 is 47.1 Å². The molecule has 0 amide bonds. The standard InChI is InChI=1S/C10H19BrSi.Mg.2H/c1-5-8-12(4,9-6-2)10(11)7-3;;;/h5-6,10H,1-2,7-9H2,3-4H3;;;. The molecule has 1 atom stereocenters. The van der Waals surface area contributed by atoms with E-state index in [0.29, 0.717) is 4.45 Å². The van der Waals surface area contributed by atoms with Crippen molar-refractivity contribution in [2.24, 2.45) is 0 Å². The minimum absolute atomic E-state index is 0. The first-order valence-corrected chi connectivity index (χ1v) is 8.37. The fourth-order valence-electron chi connectivity index (χ4n) is 1.49. The highest BCUT2D eigenvalue weighted by molar-refractivity contribution is 9.10. The lowest BCUT2D eigenvalue weighted by atomic mass is 10.6. The van der Waals surface area contributed by atoms with Gasteiger partial charge in [-0.05, 0) is 18.5 Å². The maximum absolute atomic E-state index is 3.82. The summed E-state index contributed by atoms with van der Waals surface area (Å²) in [6.07, 6.45) is 5.32. The molecule has 0 spiro atoms. The van der Waals surface area contributed by atoms with E-state index in [4.69, 9.17) is 0 Å². The number of halogens is 1. The van der Waals surface area contributed by atoms with Crippen LogP contribution < -0.4 is 0 Å². The fourth-order valence-corrected chi connectivity index (χ4v) is 5.60. The molecular weight excluding hydrogens is 252 g/mol. The molecule has 0 N–H and O–H groups in total. The summed E-state index contributed by atoms with van der Waals surface area (Å²) < 4.78 is 0.695. The highest BCUT2D eigenvalue weighted by Crippen LogP contribution is 2.28. The second kappa shape index (κ2) is 8.27. The smallest absolute Gasteiger partial charge is 0.103 e. The second-order valence-electron chi connectivity index (χ2n) is 3.52. The molecular formula is C10H21BrMgSi. The van der Waals surface area contributed by atoms with Gasteiger partial charge in [0.05, 0.1) is 8.07 Å². The minimum atomic E-state index is -1.17. The van der Waals surface area contributed by atoms with Crippen LogP contribution in [0.3, 0.4) is 0 Å². The molecule has 0 saturated heterocycles. The normalized spacial score (nSPS) is 12.8. The molecule has 0 aromatic rings. The highest BCUT2D eigenvalue weighted by atomic mass is 79.9. The molecule has 0 rings (SSSR count).